The van der Waals surface area contributed by atoms with Crippen LogP contribution in [-0.2, 0) is 52.2 Å². The average molecular weight is 452 g/mol. The third-order valence-electron chi connectivity index (χ3n) is 5.43. The van der Waals surface area contributed by atoms with E-state index < -0.39 is 34.7 Å². The highest BCUT2D eigenvalue weighted by molar-refractivity contribution is 5.85. The van der Waals surface area contributed by atoms with Gasteiger partial charge in [-0.3, -0.25) is 0 Å². The Bertz CT molecular complexity index is 688. The van der Waals surface area contributed by atoms with Gasteiger partial charge in [0.05, 0.1) is 21.3 Å². The maximum absolute atomic E-state index is 11.9. The van der Waals surface area contributed by atoms with Crippen molar-refractivity contribution in [1.29, 1.82) is 0 Å². The van der Waals surface area contributed by atoms with Gasteiger partial charge in [-0.1, -0.05) is 0 Å². The molecule has 1 atom stereocenters. The molecule has 12 heteroatoms. The molecule has 0 radical (unpaired) electrons. The van der Waals surface area contributed by atoms with E-state index in [4.69, 9.17) is 47.4 Å². The molecule has 12 nitrogen and oxygen atoms in total. The number of aliphatic carboxylic acids is 1. The van der Waals surface area contributed by atoms with Crippen molar-refractivity contribution in [1.82, 2.24) is 0 Å². The van der Waals surface area contributed by atoms with Crippen LogP contribution in [0.2, 0.25) is 0 Å². The van der Waals surface area contributed by atoms with Gasteiger partial charge in [-0.25, -0.2) is 4.79 Å². The fourth-order valence-electron chi connectivity index (χ4n) is 4.21. The van der Waals surface area contributed by atoms with Crippen LogP contribution in [0, 0.1) is 0 Å². The lowest BCUT2D eigenvalue weighted by Crippen LogP contribution is -2.82. The van der Waals surface area contributed by atoms with Crippen molar-refractivity contribution in [2.75, 3.05) is 71.1 Å². The van der Waals surface area contributed by atoms with Gasteiger partial charge in [0.15, 0.2) is 11.5 Å². The minimum Gasteiger partial charge on any atom is -0.495 e. The van der Waals surface area contributed by atoms with Gasteiger partial charge in [0.25, 0.3) is 17.4 Å². The highest BCUT2D eigenvalue weighted by Gasteiger charge is 2.82. The quantitative estimate of drug-likeness (QED) is 0.251. The minimum absolute atomic E-state index is 0.0248. The second kappa shape index (κ2) is 10.1. The van der Waals surface area contributed by atoms with Crippen LogP contribution >= 0.6 is 0 Å². The molecule has 1 aliphatic carbocycles. The second-order valence-corrected chi connectivity index (χ2v) is 6.10. The molecular formula is C19H32O12. The van der Waals surface area contributed by atoms with Crippen molar-refractivity contribution in [3.63, 3.8) is 0 Å². The van der Waals surface area contributed by atoms with E-state index in [1.165, 1.54) is 70.1 Å². The molecule has 0 aromatic rings. The van der Waals surface area contributed by atoms with Crippen LogP contribution in [0.5, 0.6) is 0 Å². The predicted octanol–water partition coefficient (Wildman–Crippen LogP) is 0.472. The third-order valence-corrected chi connectivity index (χ3v) is 5.43. The van der Waals surface area contributed by atoms with E-state index in [2.05, 4.69) is 0 Å². The van der Waals surface area contributed by atoms with Gasteiger partial charge >= 0.3 is 5.97 Å². The van der Waals surface area contributed by atoms with E-state index in [0.717, 1.165) is 7.11 Å². The second-order valence-electron chi connectivity index (χ2n) is 6.10. The summed E-state index contributed by atoms with van der Waals surface area (Å²) in [5.41, 5.74) is -2.02. The third kappa shape index (κ3) is 3.21. The number of carboxylic acid groups (broad SMARTS) is 1. The zero-order valence-corrected chi connectivity index (χ0v) is 19.5. The monoisotopic (exact) mass is 452 g/mol. The molecule has 1 rings (SSSR count). The van der Waals surface area contributed by atoms with Crippen molar-refractivity contribution in [2.45, 2.75) is 23.0 Å². The highest BCUT2D eigenvalue weighted by atomic mass is 16.8. The van der Waals surface area contributed by atoms with Gasteiger partial charge in [0.2, 0.25) is 11.4 Å². The Labute approximate surface area is 181 Å². The molecule has 31 heavy (non-hydrogen) atoms. The molecule has 0 bridgehead atoms. The molecule has 0 aliphatic heterocycles. The topological polar surface area (TPSA) is 130 Å². The number of hydrogen-bond acceptors (Lipinski definition) is 11. The first-order valence-corrected chi connectivity index (χ1v) is 8.88. The lowest BCUT2D eigenvalue weighted by molar-refractivity contribution is -0.500. The Hall–Kier alpha value is -1.93. The molecule has 1 aliphatic rings. The molecule has 0 aromatic carbocycles. The Morgan fingerprint density at radius 2 is 1.19 bits per heavy atom. The summed E-state index contributed by atoms with van der Waals surface area (Å²) in [6.07, 6.45) is 1.32. The van der Waals surface area contributed by atoms with Crippen LogP contribution in [0.25, 0.3) is 0 Å². The zero-order valence-electron chi connectivity index (χ0n) is 19.5. The van der Waals surface area contributed by atoms with Crippen LogP contribution in [0.4, 0.5) is 0 Å². The Morgan fingerprint density at radius 3 is 1.45 bits per heavy atom. The van der Waals surface area contributed by atoms with E-state index >= 15 is 0 Å². The molecule has 180 valence electrons. The van der Waals surface area contributed by atoms with Crippen molar-refractivity contribution in [3.05, 3.63) is 23.4 Å². The summed E-state index contributed by atoms with van der Waals surface area (Å²) in [4.78, 5) is 11.9. The van der Waals surface area contributed by atoms with Crippen LogP contribution in [0.15, 0.2) is 23.4 Å². The number of ether oxygens (including phenoxy) is 10. The Morgan fingerprint density at radius 1 is 0.710 bits per heavy atom. The van der Waals surface area contributed by atoms with E-state index in [0.29, 0.717) is 0 Å². The summed E-state index contributed by atoms with van der Waals surface area (Å²) in [6.45, 7) is 0. The largest absolute Gasteiger partial charge is 0.495 e. The Balaban J connectivity index is 4.46. The average Bonchev–Trinajstić information content (AvgIpc) is 2.80. The van der Waals surface area contributed by atoms with Crippen LogP contribution in [0.3, 0.4) is 0 Å². The normalized spacial score (nSPS) is 24.6. The summed E-state index contributed by atoms with van der Waals surface area (Å²) in [5, 5.41) is 9.73. The van der Waals surface area contributed by atoms with Crippen LogP contribution in [0.1, 0.15) is 0 Å². The summed E-state index contributed by atoms with van der Waals surface area (Å²) in [6, 6.07) is 0. The summed E-state index contributed by atoms with van der Waals surface area (Å²) >= 11 is 0. The molecule has 0 aromatic heterocycles. The maximum atomic E-state index is 11.9. The number of rotatable bonds is 12. The van der Waals surface area contributed by atoms with Crippen molar-refractivity contribution < 1.29 is 57.3 Å². The fraction of sp³-hybridized carbons (Fsp3) is 0.737. The smallest absolute Gasteiger partial charge is 0.374 e. The molecular weight excluding hydrogens is 420 g/mol. The lowest BCUT2D eigenvalue weighted by atomic mass is 9.72. The Kier molecular flexibility index (Phi) is 8.85. The van der Waals surface area contributed by atoms with E-state index in [1.807, 2.05) is 0 Å². The number of carboxylic acids is 1. The standard InChI is InChI=1S/C19H32O12/c1-22-12-11-16(25-4,14(24-3)13(23-2)15(20)21)18(28-7,29-8)19(30-9,31-10)17(12,26-5)27-6/h11H,1-10H3,(H,20,21). The molecule has 1 N–H and O–H groups in total. The van der Waals surface area contributed by atoms with Gasteiger partial charge < -0.3 is 52.5 Å². The first-order valence-electron chi connectivity index (χ1n) is 8.88. The van der Waals surface area contributed by atoms with Crippen molar-refractivity contribution in [3.8, 4) is 0 Å². The molecule has 0 saturated heterocycles. The number of methoxy groups -OCH3 is 10. The molecule has 0 saturated carbocycles. The molecule has 1 unspecified atom stereocenters. The predicted molar refractivity (Wildman–Crippen MR) is 104 cm³/mol. The summed E-state index contributed by atoms with van der Waals surface area (Å²) < 4.78 is 56.5. The molecule has 0 spiro atoms. The van der Waals surface area contributed by atoms with Gasteiger partial charge in [0, 0.05) is 55.8 Å². The number of carbonyl (C=O) groups is 1. The van der Waals surface area contributed by atoms with Crippen LogP contribution < -0.4 is 0 Å². The fourth-order valence-corrected chi connectivity index (χ4v) is 4.21. The maximum Gasteiger partial charge on any atom is 0.374 e. The van der Waals surface area contributed by atoms with Crippen LogP contribution in [-0.4, -0.2) is 105 Å². The first-order chi connectivity index (χ1) is 14.7. The molecule has 0 fully saturated rings. The van der Waals surface area contributed by atoms with Gasteiger partial charge in [-0.2, -0.15) is 0 Å². The van der Waals surface area contributed by atoms with E-state index in [-0.39, 0.29) is 11.5 Å². The highest BCUT2D eigenvalue weighted by Crippen LogP contribution is 2.58. The number of hydrogen-bond donors (Lipinski definition) is 1. The SMILES string of the molecule is COC1=CC(OC)(C(OC)=C(OC)C(=O)O)C(OC)(OC)C(OC)(OC)C1(OC)OC. The first kappa shape index (κ1) is 27.1. The molecule has 0 amide bonds. The molecule has 0 heterocycles. The zero-order chi connectivity index (χ0) is 24.1. The van der Waals surface area contributed by atoms with E-state index in [1.54, 1.807) is 0 Å². The minimum atomic E-state index is -2.16. The van der Waals surface area contributed by atoms with E-state index in [9.17, 15) is 9.90 Å². The van der Waals surface area contributed by atoms with Gasteiger partial charge in [-0.05, 0) is 0 Å². The van der Waals surface area contributed by atoms with Gasteiger partial charge in [0.1, 0.15) is 0 Å². The van der Waals surface area contributed by atoms with Crippen molar-refractivity contribution >= 4 is 5.97 Å². The summed E-state index contributed by atoms with van der Waals surface area (Å²) in [5.74, 6) is -8.60. The summed E-state index contributed by atoms with van der Waals surface area (Å²) in [7, 11) is 12.8. The lowest BCUT2D eigenvalue weighted by Gasteiger charge is -2.61. The van der Waals surface area contributed by atoms with Crippen molar-refractivity contribution in [2.24, 2.45) is 0 Å². The van der Waals surface area contributed by atoms with Gasteiger partial charge in [-0.15, -0.1) is 0 Å².